The number of rotatable bonds is 10. The fraction of sp³-hybridized carbons (Fsp3) is 0.458. The third-order valence-corrected chi connectivity index (χ3v) is 5.47. The lowest BCUT2D eigenvalue weighted by molar-refractivity contribution is 0.127. The maximum atomic E-state index is 9.43. The number of nitrogens with one attached hydrogen (secondary N) is 2. The second kappa shape index (κ2) is 11.6. The van der Waals surface area contributed by atoms with Crippen LogP contribution >= 0.6 is 0 Å². The number of hydrogen-bond acceptors (Lipinski definition) is 4. The molecule has 0 bridgehead atoms. The monoisotopic (exact) mass is 411 g/mol. The van der Waals surface area contributed by atoms with Crippen molar-refractivity contribution in [1.82, 2.24) is 10.6 Å². The molecule has 0 radical (unpaired) electrons. The Kier molecular flexibility index (Phi) is 8.53. The summed E-state index contributed by atoms with van der Waals surface area (Å²) >= 11 is 0. The predicted molar refractivity (Wildman–Crippen MR) is 120 cm³/mol. The van der Waals surface area contributed by atoms with Gasteiger partial charge in [-0.25, -0.2) is 4.99 Å². The minimum atomic E-state index is -0.0215. The number of ether oxygens (including phenoxy) is 2. The standard InChI is InChI=1S/C24H33N3O3/c1-2-25-23(27-18-24(12-14-28)13-15-29-19-24)26-16-20-8-6-7-9-21(20)17-30-22-10-4-3-5-11-22/h3-11,28H,2,12-19H2,1H3,(H2,25,26,27). The van der Waals surface area contributed by atoms with Crippen molar-refractivity contribution in [2.75, 3.05) is 32.9 Å². The van der Waals surface area contributed by atoms with Gasteiger partial charge in [0.15, 0.2) is 5.96 Å². The normalized spacial score (nSPS) is 18.9. The first-order valence-electron chi connectivity index (χ1n) is 10.7. The molecule has 0 aromatic heterocycles. The molecule has 1 aliphatic heterocycles. The molecule has 2 aromatic rings. The molecule has 0 amide bonds. The molecule has 1 atom stereocenters. The highest BCUT2D eigenvalue weighted by atomic mass is 16.5. The zero-order valence-electron chi connectivity index (χ0n) is 17.8. The van der Waals surface area contributed by atoms with Crippen molar-refractivity contribution < 1.29 is 14.6 Å². The average molecular weight is 412 g/mol. The summed E-state index contributed by atoms with van der Waals surface area (Å²) in [4.78, 5) is 4.79. The number of guanidine groups is 1. The number of hydrogen-bond donors (Lipinski definition) is 3. The minimum Gasteiger partial charge on any atom is -0.489 e. The Labute approximate surface area is 179 Å². The van der Waals surface area contributed by atoms with Crippen molar-refractivity contribution in [1.29, 1.82) is 0 Å². The minimum absolute atomic E-state index is 0.0215. The van der Waals surface area contributed by atoms with E-state index in [1.165, 1.54) is 0 Å². The van der Waals surface area contributed by atoms with E-state index in [0.717, 1.165) is 55.4 Å². The van der Waals surface area contributed by atoms with E-state index in [4.69, 9.17) is 14.5 Å². The van der Waals surface area contributed by atoms with Crippen LogP contribution in [0.25, 0.3) is 0 Å². The van der Waals surface area contributed by atoms with E-state index in [9.17, 15) is 5.11 Å². The molecule has 162 valence electrons. The molecule has 3 N–H and O–H groups in total. The first kappa shape index (κ1) is 22.1. The summed E-state index contributed by atoms with van der Waals surface area (Å²) < 4.78 is 11.5. The lowest BCUT2D eigenvalue weighted by Gasteiger charge is -2.27. The van der Waals surface area contributed by atoms with Gasteiger partial charge in [-0.3, -0.25) is 0 Å². The third-order valence-electron chi connectivity index (χ3n) is 5.47. The molecular formula is C24H33N3O3. The summed E-state index contributed by atoms with van der Waals surface area (Å²) in [7, 11) is 0. The highest BCUT2D eigenvalue weighted by molar-refractivity contribution is 5.79. The van der Waals surface area contributed by atoms with Crippen LogP contribution in [0, 0.1) is 5.41 Å². The zero-order valence-corrected chi connectivity index (χ0v) is 17.8. The Morgan fingerprint density at radius 1 is 1.10 bits per heavy atom. The second-order valence-corrected chi connectivity index (χ2v) is 7.70. The molecule has 0 spiro atoms. The number of benzene rings is 2. The largest absolute Gasteiger partial charge is 0.489 e. The van der Waals surface area contributed by atoms with E-state index in [1.54, 1.807) is 0 Å². The van der Waals surface area contributed by atoms with E-state index in [2.05, 4.69) is 29.7 Å². The highest BCUT2D eigenvalue weighted by Gasteiger charge is 2.34. The number of aliphatic hydroxyl groups excluding tert-OH is 1. The van der Waals surface area contributed by atoms with Gasteiger partial charge in [0.2, 0.25) is 0 Å². The predicted octanol–water partition coefficient (Wildman–Crippen LogP) is 3.11. The van der Waals surface area contributed by atoms with Gasteiger partial charge in [0.1, 0.15) is 12.4 Å². The summed E-state index contributed by atoms with van der Waals surface area (Å²) in [5.41, 5.74) is 2.24. The SMILES string of the molecule is CCNC(=NCc1ccccc1COc1ccccc1)NCC1(CCO)CCOC1. The first-order valence-corrected chi connectivity index (χ1v) is 10.7. The van der Waals surface area contributed by atoms with Crippen molar-refractivity contribution in [2.24, 2.45) is 10.4 Å². The lowest BCUT2D eigenvalue weighted by atomic mass is 9.84. The van der Waals surface area contributed by atoms with Crippen LogP contribution in [0.15, 0.2) is 59.6 Å². The van der Waals surface area contributed by atoms with Crippen LogP contribution in [0.1, 0.15) is 30.9 Å². The van der Waals surface area contributed by atoms with Gasteiger partial charge in [0.05, 0.1) is 13.2 Å². The van der Waals surface area contributed by atoms with Gasteiger partial charge in [0.25, 0.3) is 0 Å². The molecule has 0 aliphatic carbocycles. The molecular weight excluding hydrogens is 378 g/mol. The van der Waals surface area contributed by atoms with Crippen LogP contribution in [0.2, 0.25) is 0 Å². The summed E-state index contributed by atoms with van der Waals surface area (Å²) in [5, 5.41) is 16.2. The van der Waals surface area contributed by atoms with Crippen molar-refractivity contribution in [2.45, 2.75) is 32.9 Å². The first-order chi connectivity index (χ1) is 14.7. The van der Waals surface area contributed by atoms with Gasteiger partial charge in [-0.15, -0.1) is 0 Å². The molecule has 0 saturated carbocycles. The summed E-state index contributed by atoms with van der Waals surface area (Å²) in [5.74, 6) is 1.64. The van der Waals surface area contributed by atoms with E-state index in [0.29, 0.717) is 19.8 Å². The van der Waals surface area contributed by atoms with Gasteiger partial charge >= 0.3 is 0 Å². The Balaban J connectivity index is 1.62. The second-order valence-electron chi connectivity index (χ2n) is 7.70. The maximum absolute atomic E-state index is 9.43. The maximum Gasteiger partial charge on any atom is 0.191 e. The molecule has 1 unspecified atom stereocenters. The van der Waals surface area contributed by atoms with Gasteiger partial charge < -0.3 is 25.2 Å². The van der Waals surface area contributed by atoms with Gasteiger partial charge in [-0.1, -0.05) is 42.5 Å². The van der Waals surface area contributed by atoms with Crippen LogP contribution in [0.5, 0.6) is 5.75 Å². The summed E-state index contributed by atoms with van der Waals surface area (Å²) in [6.45, 7) is 6.26. The average Bonchev–Trinajstić information content (AvgIpc) is 3.24. The van der Waals surface area contributed by atoms with E-state index in [-0.39, 0.29) is 12.0 Å². The molecule has 1 saturated heterocycles. The fourth-order valence-corrected chi connectivity index (χ4v) is 3.62. The summed E-state index contributed by atoms with van der Waals surface area (Å²) in [6, 6.07) is 18.1. The van der Waals surface area contributed by atoms with Crippen LogP contribution in [-0.4, -0.2) is 44.0 Å². The molecule has 30 heavy (non-hydrogen) atoms. The van der Waals surface area contributed by atoms with Crippen LogP contribution in [-0.2, 0) is 17.9 Å². The Hall–Kier alpha value is -2.57. The van der Waals surface area contributed by atoms with Crippen molar-refractivity contribution in [3.63, 3.8) is 0 Å². The van der Waals surface area contributed by atoms with Gasteiger partial charge in [-0.2, -0.15) is 0 Å². The third kappa shape index (κ3) is 6.47. The smallest absolute Gasteiger partial charge is 0.191 e. The number of aliphatic imine (C=N–C) groups is 1. The lowest BCUT2D eigenvalue weighted by Crippen LogP contribution is -2.44. The van der Waals surface area contributed by atoms with Gasteiger partial charge in [0, 0.05) is 31.7 Å². The van der Waals surface area contributed by atoms with E-state index >= 15 is 0 Å². The fourth-order valence-electron chi connectivity index (χ4n) is 3.62. The summed E-state index contributed by atoms with van der Waals surface area (Å²) in [6.07, 6.45) is 1.69. The van der Waals surface area contributed by atoms with Crippen LogP contribution < -0.4 is 15.4 Å². The molecule has 2 aromatic carbocycles. The number of aliphatic hydroxyl groups is 1. The Morgan fingerprint density at radius 3 is 2.57 bits per heavy atom. The van der Waals surface area contributed by atoms with Crippen LogP contribution in [0.3, 0.4) is 0 Å². The van der Waals surface area contributed by atoms with Crippen molar-refractivity contribution in [3.05, 3.63) is 65.7 Å². The molecule has 6 nitrogen and oxygen atoms in total. The molecule has 6 heteroatoms. The molecule has 1 aliphatic rings. The number of nitrogens with zero attached hydrogens (tertiary/aromatic N) is 1. The van der Waals surface area contributed by atoms with Crippen LogP contribution in [0.4, 0.5) is 0 Å². The Morgan fingerprint density at radius 2 is 1.87 bits per heavy atom. The van der Waals surface area contributed by atoms with Crippen molar-refractivity contribution in [3.8, 4) is 5.75 Å². The van der Waals surface area contributed by atoms with Gasteiger partial charge in [-0.05, 0) is 43.0 Å². The topological polar surface area (TPSA) is 75.1 Å². The highest BCUT2D eigenvalue weighted by Crippen LogP contribution is 2.31. The van der Waals surface area contributed by atoms with E-state index in [1.807, 2.05) is 42.5 Å². The molecule has 1 heterocycles. The quantitative estimate of drug-likeness (QED) is 0.414. The molecule has 3 rings (SSSR count). The zero-order chi connectivity index (χ0) is 21.1. The van der Waals surface area contributed by atoms with E-state index < -0.39 is 0 Å². The number of para-hydroxylation sites is 1. The van der Waals surface area contributed by atoms with Crippen molar-refractivity contribution >= 4 is 5.96 Å². The molecule has 1 fully saturated rings. The Bertz CT molecular complexity index is 789.